The molecule has 0 radical (unpaired) electrons. The molecule has 1 heterocycles. The van der Waals surface area contributed by atoms with Crippen LogP contribution in [0.3, 0.4) is 0 Å². The molecule has 1 amide bonds. The lowest BCUT2D eigenvalue weighted by molar-refractivity contribution is -0.128. The molecule has 0 saturated carbocycles. The summed E-state index contributed by atoms with van der Waals surface area (Å²) in [5.74, 6) is 0.0586. The molecule has 4 nitrogen and oxygen atoms in total. The Labute approximate surface area is 160 Å². The van der Waals surface area contributed by atoms with Crippen LogP contribution in [-0.4, -0.2) is 31.6 Å². The van der Waals surface area contributed by atoms with Gasteiger partial charge in [-0.15, -0.1) is 0 Å². The maximum absolute atomic E-state index is 13.0. The van der Waals surface area contributed by atoms with E-state index in [2.05, 4.69) is 34.5 Å². The van der Waals surface area contributed by atoms with E-state index >= 15 is 0 Å². The van der Waals surface area contributed by atoms with Crippen molar-refractivity contribution in [1.82, 2.24) is 5.32 Å². The van der Waals surface area contributed by atoms with Crippen molar-refractivity contribution in [3.05, 3.63) is 59.9 Å². The number of aryl methyl sites for hydroxylation is 1. The Bertz CT molecular complexity index is 748. The molecule has 5 heteroatoms. The summed E-state index contributed by atoms with van der Waals surface area (Å²) in [5.41, 5.74) is 2.73. The topological polar surface area (TPSA) is 41.6 Å². The van der Waals surface area contributed by atoms with E-state index in [1.807, 2.05) is 6.92 Å². The third-order valence-corrected chi connectivity index (χ3v) is 4.87. The van der Waals surface area contributed by atoms with Gasteiger partial charge in [-0.05, 0) is 61.6 Å². The highest BCUT2D eigenvalue weighted by Crippen LogP contribution is 2.26. The van der Waals surface area contributed by atoms with Crippen LogP contribution >= 0.6 is 0 Å². The van der Waals surface area contributed by atoms with Gasteiger partial charge in [0.1, 0.15) is 11.6 Å². The molecule has 2 aromatic rings. The summed E-state index contributed by atoms with van der Waals surface area (Å²) in [5, 5.41) is 2.96. The van der Waals surface area contributed by atoms with E-state index in [0.717, 1.165) is 25.9 Å². The van der Waals surface area contributed by atoms with E-state index in [0.29, 0.717) is 18.7 Å². The molecule has 1 aliphatic heterocycles. The summed E-state index contributed by atoms with van der Waals surface area (Å²) < 4.78 is 18.7. The molecule has 0 spiro atoms. The average molecular weight is 370 g/mol. The molecule has 1 atom stereocenters. The highest BCUT2D eigenvalue weighted by molar-refractivity contribution is 5.81. The van der Waals surface area contributed by atoms with Gasteiger partial charge in [0.05, 0.1) is 0 Å². The number of rotatable bonds is 8. The number of hydrogen-bond acceptors (Lipinski definition) is 3. The lowest BCUT2D eigenvalue weighted by atomic mass is 10.0. The number of fused-ring (bicyclic) bond motifs is 1. The van der Waals surface area contributed by atoms with Crippen LogP contribution in [0.5, 0.6) is 5.75 Å². The summed E-state index contributed by atoms with van der Waals surface area (Å²) in [4.78, 5) is 14.8. The first-order chi connectivity index (χ1) is 13.2. The zero-order valence-electron chi connectivity index (χ0n) is 15.8. The third kappa shape index (κ3) is 5.22. The number of nitrogens with one attached hydrogen (secondary N) is 1. The maximum Gasteiger partial charge on any atom is 0.261 e. The van der Waals surface area contributed by atoms with Gasteiger partial charge in [-0.25, -0.2) is 4.39 Å². The molecular formula is C22H27FN2O2. The number of benzene rings is 2. The fourth-order valence-electron chi connectivity index (χ4n) is 3.44. The summed E-state index contributed by atoms with van der Waals surface area (Å²) >= 11 is 0. The van der Waals surface area contributed by atoms with Crippen LogP contribution in [0.15, 0.2) is 48.5 Å². The molecule has 0 aliphatic carbocycles. The van der Waals surface area contributed by atoms with Gasteiger partial charge in [-0.1, -0.05) is 25.1 Å². The Kier molecular flexibility index (Phi) is 6.69. The number of hydrogen-bond donors (Lipinski definition) is 1. The van der Waals surface area contributed by atoms with Crippen molar-refractivity contribution in [3.8, 4) is 5.75 Å². The van der Waals surface area contributed by atoms with Gasteiger partial charge in [-0.2, -0.15) is 0 Å². The highest BCUT2D eigenvalue weighted by atomic mass is 19.1. The van der Waals surface area contributed by atoms with Crippen molar-refractivity contribution in [1.29, 1.82) is 0 Å². The summed E-state index contributed by atoms with van der Waals surface area (Å²) in [6.07, 6.45) is 3.19. The molecular weight excluding hydrogens is 343 g/mol. The highest BCUT2D eigenvalue weighted by Gasteiger charge is 2.19. The van der Waals surface area contributed by atoms with Crippen LogP contribution in [0.1, 0.15) is 31.7 Å². The monoisotopic (exact) mass is 370 g/mol. The number of halogens is 1. The van der Waals surface area contributed by atoms with Gasteiger partial charge in [0, 0.05) is 25.3 Å². The van der Waals surface area contributed by atoms with Gasteiger partial charge in [-0.3, -0.25) is 4.79 Å². The fourth-order valence-corrected chi connectivity index (χ4v) is 3.44. The van der Waals surface area contributed by atoms with Crippen LogP contribution in [0.4, 0.5) is 10.1 Å². The summed E-state index contributed by atoms with van der Waals surface area (Å²) in [7, 11) is 0. The van der Waals surface area contributed by atoms with Crippen molar-refractivity contribution in [2.24, 2.45) is 0 Å². The summed E-state index contributed by atoms with van der Waals surface area (Å²) in [6, 6.07) is 14.3. The molecule has 0 aromatic heterocycles. The Morgan fingerprint density at radius 3 is 2.78 bits per heavy atom. The van der Waals surface area contributed by atoms with Gasteiger partial charge >= 0.3 is 0 Å². The van der Waals surface area contributed by atoms with Crippen molar-refractivity contribution >= 4 is 11.6 Å². The second-order valence-electron chi connectivity index (χ2n) is 6.83. The Hall–Kier alpha value is -2.56. The average Bonchev–Trinajstić information content (AvgIpc) is 2.70. The number of para-hydroxylation sites is 1. The first-order valence-corrected chi connectivity index (χ1v) is 9.70. The third-order valence-electron chi connectivity index (χ3n) is 4.87. The van der Waals surface area contributed by atoms with Crippen molar-refractivity contribution < 1.29 is 13.9 Å². The number of amides is 1. The van der Waals surface area contributed by atoms with Crippen LogP contribution < -0.4 is 15.0 Å². The molecule has 27 heavy (non-hydrogen) atoms. The van der Waals surface area contributed by atoms with Gasteiger partial charge in [0.25, 0.3) is 5.91 Å². The number of ether oxygens (including phenoxy) is 1. The molecule has 1 aliphatic rings. The number of carbonyl (C=O) groups excluding carboxylic acids is 1. The first kappa shape index (κ1) is 19.2. The number of carbonyl (C=O) groups is 1. The molecule has 1 N–H and O–H groups in total. The second-order valence-corrected chi connectivity index (χ2v) is 6.83. The smallest absolute Gasteiger partial charge is 0.261 e. The van der Waals surface area contributed by atoms with E-state index in [1.165, 1.54) is 29.8 Å². The predicted molar refractivity (Wildman–Crippen MR) is 106 cm³/mol. The fraction of sp³-hybridized carbons (Fsp3) is 0.409. The Morgan fingerprint density at radius 2 is 2.00 bits per heavy atom. The van der Waals surface area contributed by atoms with Crippen LogP contribution in [0.2, 0.25) is 0 Å². The van der Waals surface area contributed by atoms with E-state index < -0.39 is 6.10 Å². The van der Waals surface area contributed by atoms with E-state index in [1.54, 1.807) is 12.1 Å². The maximum atomic E-state index is 13.0. The van der Waals surface area contributed by atoms with Crippen LogP contribution in [-0.2, 0) is 11.2 Å². The largest absolute Gasteiger partial charge is 0.481 e. The number of anilines is 1. The second kappa shape index (κ2) is 9.40. The van der Waals surface area contributed by atoms with Gasteiger partial charge in [0.15, 0.2) is 6.10 Å². The van der Waals surface area contributed by atoms with Crippen molar-refractivity contribution in [3.63, 3.8) is 0 Å². The minimum atomic E-state index is -0.564. The minimum Gasteiger partial charge on any atom is -0.481 e. The molecule has 2 aromatic carbocycles. The molecule has 0 fully saturated rings. The molecule has 0 bridgehead atoms. The van der Waals surface area contributed by atoms with E-state index in [9.17, 15) is 9.18 Å². The standard InChI is InChI=1S/C22H27FN2O2/c1-2-21(27-19-12-10-18(23)11-13-19)22(26)24-14-6-16-25-15-5-8-17-7-3-4-9-20(17)25/h3-4,7,9-13,21H,2,5-6,8,14-16H2,1H3,(H,24,26)/t21-/m0/s1. The molecule has 144 valence electrons. The Morgan fingerprint density at radius 1 is 1.22 bits per heavy atom. The molecule has 3 rings (SSSR count). The zero-order chi connectivity index (χ0) is 19.1. The summed E-state index contributed by atoms with van der Waals surface area (Å²) in [6.45, 7) is 4.50. The SMILES string of the molecule is CC[C@H](Oc1ccc(F)cc1)C(=O)NCCCN1CCCc2ccccc21. The minimum absolute atomic E-state index is 0.124. The molecule has 0 unspecified atom stereocenters. The number of nitrogens with zero attached hydrogens (tertiary/aromatic N) is 1. The van der Waals surface area contributed by atoms with Gasteiger partial charge in [0.2, 0.25) is 0 Å². The zero-order valence-corrected chi connectivity index (χ0v) is 15.8. The predicted octanol–water partition coefficient (Wildman–Crippen LogP) is 3.94. The Balaban J connectivity index is 1.44. The van der Waals surface area contributed by atoms with Gasteiger partial charge < -0.3 is 15.0 Å². The lowest BCUT2D eigenvalue weighted by Crippen LogP contribution is -2.39. The van der Waals surface area contributed by atoms with Crippen molar-refractivity contribution in [2.45, 2.75) is 38.7 Å². The normalized spacial score (nSPS) is 14.4. The van der Waals surface area contributed by atoms with Crippen LogP contribution in [0.25, 0.3) is 0 Å². The van der Waals surface area contributed by atoms with E-state index in [4.69, 9.17) is 4.74 Å². The first-order valence-electron chi connectivity index (χ1n) is 9.70. The quantitative estimate of drug-likeness (QED) is 0.716. The van der Waals surface area contributed by atoms with Crippen LogP contribution in [0, 0.1) is 5.82 Å². The van der Waals surface area contributed by atoms with E-state index in [-0.39, 0.29) is 11.7 Å². The van der Waals surface area contributed by atoms with Crippen molar-refractivity contribution in [2.75, 3.05) is 24.5 Å². The lowest BCUT2D eigenvalue weighted by Gasteiger charge is -2.31. The molecule has 0 saturated heterocycles.